The summed E-state index contributed by atoms with van der Waals surface area (Å²) in [6, 6.07) is 7.61. The highest BCUT2D eigenvalue weighted by atomic mass is 32.2. The molecule has 1 unspecified atom stereocenters. The first kappa shape index (κ1) is 12.7. The quantitative estimate of drug-likeness (QED) is 0.580. The van der Waals surface area contributed by atoms with Crippen LogP contribution in [0.3, 0.4) is 0 Å². The van der Waals surface area contributed by atoms with Crippen LogP contribution in [0.15, 0.2) is 53.0 Å². The van der Waals surface area contributed by atoms with Crippen LogP contribution in [0.5, 0.6) is 0 Å². The molecule has 0 aliphatic heterocycles. The van der Waals surface area contributed by atoms with Gasteiger partial charge in [-0.2, -0.15) is 0 Å². The van der Waals surface area contributed by atoms with Crippen LogP contribution in [0.2, 0.25) is 0 Å². The lowest BCUT2D eigenvalue weighted by atomic mass is 10.2. The Morgan fingerprint density at radius 3 is 2.62 bits per heavy atom. The predicted octanol–water partition coefficient (Wildman–Crippen LogP) is 3.17. The molecule has 0 aliphatic carbocycles. The van der Waals surface area contributed by atoms with Crippen molar-refractivity contribution in [2.45, 2.75) is 18.7 Å². The number of hydrogen-bond donors (Lipinski definition) is 0. The highest BCUT2D eigenvalue weighted by Gasteiger charge is 1.98. The summed E-state index contributed by atoms with van der Waals surface area (Å²) in [6.07, 6.45) is 1.64. The van der Waals surface area contributed by atoms with E-state index in [-0.39, 0.29) is 0 Å². The molecule has 3 heteroatoms. The van der Waals surface area contributed by atoms with Crippen LogP contribution in [0.1, 0.15) is 12.5 Å². The van der Waals surface area contributed by atoms with E-state index in [1.807, 2.05) is 38.1 Å². The Morgan fingerprint density at radius 2 is 2.06 bits per heavy atom. The van der Waals surface area contributed by atoms with Crippen LogP contribution < -0.4 is 0 Å². The normalized spacial score (nSPS) is 12.6. The monoisotopic (exact) mass is 236 g/mol. The summed E-state index contributed by atoms with van der Waals surface area (Å²) in [4.78, 5) is 0.783. The molecule has 1 aromatic carbocycles. The third-order valence-electron chi connectivity index (χ3n) is 1.96. The fraction of sp³-hybridized carbons (Fsp3) is 0.231. The van der Waals surface area contributed by atoms with Gasteiger partial charge in [-0.3, -0.25) is 0 Å². The molecule has 16 heavy (non-hydrogen) atoms. The number of benzene rings is 1. The second-order valence-corrected chi connectivity index (χ2v) is 4.65. The van der Waals surface area contributed by atoms with Crippen molar-refractivity contribution in [3.8, 4) is 0 Å². The van der Waals surface area contributed by atoms with E-state index in [1.54, 1.807) is 11.5 Å². The average Bonchev–Trinajstić information content (AvgIpc) is 2.27. The third kappa shape index (κ3) is 4.03. The largest absolute Gasteiger partial charge is 0.494 e. The first-order valence-electron chi connectivity index (χ1n) is 5.10. The number of aryl methyl sites for hydroxylation is 1. The minimum Gasteiger partial charge on any atom is -0.494 e. The molecular formula is C13H16O2S. The first-order chi connectivity index (χ1) is 7.63. The summed E-state index contributed by atoms with van der Waals surface area (Å²) in [5.74, 6) is 0.531. The molecule has 0 fully saturated rings. The van der Waals surface area contributed by atoms with Crippen LogP contribution >= 0.6 is 0 Å². The average molecular weight is 236 g/mol. The lowest BCUT2D eigenvalue weighted by Crippen LogP contribution is -1.89. The molecule has 1 atom stereocenters. The van der Waals surface area contributed by atoms with Gasteiger partial charge in [0, 0.05) is 10.3 Å². The maximum atomic E-state index is 11.8. The number of allylic oxidation sites excluding steroid dienone is 1. The molecule has 1 aromatic rings. The van der Waals surface area contributed by atoms with Crippen LogP contribution in [-0.2, 0) is 15.5 Å². The van der Waals surface area contributed by atoms with Gasteiger partial charge in [-0.15, -0.1) is 0 Å². The van der Waals surface area contributed by atoms with Crippen molar-refractivity contribution >= 4 is 10.8 Å². The first-order valence-corrected chi connectivity index (χ1v) is 6.32. The van der Waals surface area contributed by atoms with Crippen molar-refractivity contribution in [1.82, 2.24) is 0 Å². The molecular weight excluding hydrogens is 220 g/mol. The number of hydrogen-bond acceptors (Lipinski definition) is 2. The second kappa shape index (κ2) is 6.28. The number of rotatable bonds is 5. The van der Waals surface area contributed by atoms with Crippen LogP contribution in [0.25, 0.3) is 0 Å². The van der Waals surface area contributed by atoms with Crippen molar-refractivity contribution in [3.05, 3.63) is 53.7 Å². The van der Waals surface area contributed by atoms with Gasteiger partial charge in [0.2, 0.25) is 0 Å². The molecule has 2 nitrogen and oxygen atoms in total. The van der Waals surface area contributed by atoms with Crippen LogP contribution in [0.4, 0.5) is 0 Å². The summed E-state index contributed by atoms with van der Waals surface area (Å²) in [7, 11) is -1.14. The molecule has 0 saturated heterocycles. The molecule has 0 bridgehead atoms. The smallest absolute Gasteiger partial charge is 0.112 e. The minimum atomic E-state index is -1.14. The van der Waals surface area contributed by atoms with E-state index < -0.39 is 10.8 Å². The fourth-order valence-corrected chi connectivity index (χ4v) is 1.96. The lowest BCUT2D eigenvalue weighted by Gasteiger charge is -2.00. The maximum Gasteiger partial charge on any atom is 0.112 e. The zero-order valence-electron chi connectivity index (χ0n) is 9.60. The Balaban J connectivity index is 2.65. The second-order valence-electron chi connectivity index (χ2n) is 3.31. The standard InChI is InChI=1S/C13H16O2S/c1-4-15-12(3)9-10-16(14)13-7-5-11(2)6-8-13/h5-10H,3-4H2,1-2H3/b10-9+. The highest BCUT2D eigenvalue weighted by Crippen LogP contribution is 2.10. The Bertz CT molecular complexity index is 404. The molecule has 1 rings (SSSR count). The molecule has 0 aliphatic rings. The lowest BCUT2D eigenvalue weighted by molar-refractivity contribution is 0.244. The van der Waals surface area contributed by atoms with Crippen molar-refractivity contribution in [2.75, 3.05) is 6.61 Å². The van der Waals surface area contributed by atoms with Gasteiger partial charge < -0.3 is 4.74 Å². The Kier molecular flexibility index (Phi) is 4.99. The molecule has 0 radical (unpaired) electrons. The highest BCUT2D eigenvalue weighted by molar-refractivity contribution is 7.88. The predicted molar refractivity (Wildman–Crippen MR) is 67.5 cm³/mol. The van der Waals surface area contributed by atoms with E-state index in [0.717, 1.165) is 10.5 Å². The molecule has 0 spiro atoms. The Hall–Kier alpha value is -1.35. The zero-order chi connectivity index (χ0) is 12.0. The van der Waals surface area contributed by atoms with Gasteiger partial charge in [0.1, 0.15) is 5.76 Å². The molecule has 86 valence electrons. The van der Waals surface area contributed by atoms with E-state index >= 15 is 0 Å². The molecule has 0 saturated carbocycles. The van der Waals surface area contributed by atoms with Crippen molar-refractivity contribution in [2.24, 2.45) is 0 Å². The van der Waals surface area contributed by atoms with E-state index in [2.05, 4.69) is 6.58 Å². The van der Waals surface area contributed by atoms with Gasteiger partial charge >= 0.3 is 0 Å². The van der Waals surface area contributed by atoms with E-state index in [0.29, 0.717) is 12.4 Å². The van der Waals surface area contributed by atoms with Crippen molar-refractivity contribution in [3.63, 3.8) is 0 Å². The topological polar surface area (TPSA) is 26.3 Å². The van der Waals surface area contributed by atoms with Gasteiger partial charge in [-0.05, 0) is 32.1 Å². The van der Waals surface area contributed by atoms with Gasteiger partial charge in [0.25, 0.3) is 0 Å². The molecule has 0 amide bonds. The maximum absolute atomic E-state index is 11.8. The van der Waals surface area contributed by atoms with Gasteiger partial charge in [-0.1, -0.05) is 24.3 Å². The number of ether oxygens (including phenoxy) is 1. The fourth-order valence-electron chi connectivity index (χ4n) is 1.12. The van der Waals surface area contributed by atoms with E-state index in [9.17, 15) is 4.21 Å². The molecule has 0 aromatic heterocycles. The third-order valence-corrected chi connectivity index (χ3v) is 3.08. The Morgan fingerprint density at radius 1 is 1.44 bits per heavy atom. The van der Waals surface area contributed by atoms with E-state index in [4.69, 9.17) is 4.74 Å². The van der Waals surface area contributed by atoms with Gasteiger partial charge in [0.15, 0.2) is 0 Å². The molecule has 0 N–H and O–H groups in total. The summed E-state index contributed by atoms with van der Waals surface area (Å²) < 4.78 is 16.9. The summed E-state index contributed by atoms with van der Waals surface area (Å²) >= 11 is 0. The summed E-state index contributed by atoms with van der Waals surface area (Å²) in [5, 5.41) is 1.59. The van der Waals surface area contributed by atoms with Crippen LogP contribution in [0, 0.1) is 6.92 Å². The van der Waals surface area contributed by atoms with E-state index in [1.165, 1.54) is 0 Å². The zero-order valence-corrected chi connectivity index (χ0v) is 10.4. The van der Waals surface area contributed by atoms with Crippen LogP contribution in [-0.4, -0.2) is 10.8 Å². The summed E-state index contributed by atoms with van der Waals surface area (Å²) in [6.45, 7) is 8.13. The SMILES string of the molecule is C=C(/C=C/S(=O)c1ccc(C)cc1)OCC. The van der Waals surface area contributed by atoms with Gasteiger partial charge in [-0.25, -0.2) is 4.21 Å². The minimum absolute atomic E-state index is 0.531. The van der Waals surface area contributed by atoms with Crippen molar-refractivity contribution in [1.29, 1.82) is 0 Å². The molecule has 0 heterocycles. The Labute approximate surface area is 99.1 Å². The van der Waals surface area contributed by atoms with Crippen molar-refractivity contribution < 1.29 is 8.95 Å². The summed E-state index contributed by atoms with van der Waals surface area (Å²) in [5.41, 5.74) is 1.16. The van der Waals surface area contributed by atoms with Gasteiger partial charge in [0.05, 0.1) is 17.4 Å².